The second-order valence-corrected chi connectivity index (χ2v) is 7.77. The molecule has 0 radical (unpaired) electrons. The lowest BCUT2D eigenvalue weighted by atomic mass is 9.58. The Kier molecular flexibility index (Phi) is 4.40. The molecule has 1 heterocycles. The number of aromatic nitrogens is 2. The van der Waals surface area contributed by atoms with E-state index in [0.29, 0.717) is 5.69 Å². The quantitative estimate of drug-likeness (QED) is 0.671. The summed E-state index contributed by atoms with van der Waals surface area (Å²) in [7, 11) is 0. The van der Waals surface area contributed by atoms with Crippen molar-refractivity contribution in [2.45, 2.75) is 44.6 Å². The van der Waals surface area contributed by atoms with E-state index in [0.717, 1.165) is 49.4 Å². The molecule has 2 fully saturated rings. The number of hydrogen-bond acceptors (Lipinski definition) is 4. The zero-order chi connectivity index (χ0) is 18.1. The summed E-state index contributed by atoms with van der Waals surface area (Å²) in [6.45, 7) is -0.0276. The summed E-state index contributed by atoms with van der Waals surface area (Å²) >= 11 is 0. The molecule has 138 valence electrons. The maximum Gasteiger partial charge on any atom is 0.243 e. The first-order chi connectivity index (χ1) is 12.5. The summed E-state index contributed by atoms with van der Waals surface area (Å²) in [5.41, 5.74) is 1.80. The van der Waals surface area contributed by atoms with Gasteiger partial charge in [0.15, 0.2) is 0 Å². The van der Waals surface area contributed by atoms with Crippen molar-refractivity contribution in [2.24, 2.45) is 11.3 Å². The number of carbonyl (C=O) groups is 2. The Morgan fingerprint density at radius 1 is 1.27 bits per heavy atom. The minimum atomic E-state index is -0.244. The molecule has 1 spiro atoms. The van der Waals surface area contributed by atoms with Gasteiger partial charge in [0.25, 0.3) is 0 Å². The van der Waals surface area contributed by atoms with Gasteiger partial charge >= 0.3 is 0 Å². The van der Waals surface area contributed by atoms with Gasteiger partial charge in [0, 0.05) is 17.0 Å². The predicted molar refractivity (Wildman–Crippen MR) is 97.4 cm³/mol. The van der Waals surface area contributed by atoms with E-state index in [-0.39, 0.29) is 35.8 Å². The van der Waals surface area contributed by atoms with Crippen LogP contribution in [0.4, 0.5) is 5.69 Å². The third-order valence-corrected chi connectivity index (χ3v) is 5.90. The fraction of sp³-hybridized carbons (Fsp3) is 0.526. The highest BCUT2D eigenvalue weighted by molar-refractivity contribution is 5.96. The fourth-order valence-corrected chi connectivity index (χ4v) is 4.37. The van der Waals surface area contributed by atoms with Crippen molar-refractivity contribution in [1.82, 2.24) is 15.5 Å². The topological polar surface area (TPSA) is 107 Å². The Labute approximate surface area is 151 Å². The second-order valence-electron chi connectivity index (χ2n) is 7.77. The average molecular weight is 356 g/mol. The van der Waals surface area contributed by atoms with Crippen LogP contribution in [-0.2, 0) is 9.59 Å². The molecule has 0 atom stereocenters. The normalized spacial score (nSPS) is 27.9. The van der Waals surface area contributed by atoms with Crippen molar-refractivity contribution in [2.75, 3.05) is 11.9 Å². The van der Waals surface area contributed by atoms with E-state index in [1.54, 1.807) is 6.20 Å². The molecule has 2 aliphatic carbocycles. The van der Waals surface area contributed by atoms with Crippen molar-refractivity contribution in [1.29, 1.82) is 0 Å². The van der Waals surface area contributed by atoms with Gasteiger partial charge in [0.1, 0.15) is 0 Å². The summed E-state index contributed by atoms with van der Waals surface area (Å²) in [6.07, 6.45) is 7.02. The van der Waals surface area contributed by atoms with Crippen LogP contribution < -0.4 is 10.6 Å². The number of aromatic amines is 1. The van der Waals surface area contributed by atoms with E-state index >= 15 is 0 Å². The lowest BCUT2D eigenvalue weighted by molar-refractivity contribution is -0.130. The third-order valence-electron chi connectivity index (χ3n) is 5.90. The number of benzene rings is 1. The molecule has 1 aromatic heterocycles. The molecule has 0 saturated heterocycles. The Balaban J connectivity index is 1.23. The first-order valence-corrected chi connectivity index (χ1v) is 9.22. The maximum atomic E-state index is 12.3. The smallest absolute Gasteiger partial charge is 0.243 e. The number of aliphatic hydroxyl groups excluding tert-OH is 1. The van der Waals surface area contributed by atoms with Crippen LogP contribution in [0.15, 0.2) is 24.4 Å². The van der Waals surface area contributed by atoms with E-state index in [1.165, 1.54) is 0 Å². The van der Waals surface area contributed by atoms with Gasteiger partial charge in [-0.1, -0.05) is 0 Å². The number of aliphatic hydroxyl groups is 1. The summed E-state index contributed by atoms with van der Waals surface area (Å²) in [6, 6.07) is 5.50. The maximum absolute atomic E-state index is 12.3. The van der Waals surface area contributed by atoms with Crippen LogP contribution in [0.25, 0.3) is 10.9 Å². The van der Waals surface area contributed by atoms with Gasteiger partial charge in [-0.2, -0.15) is 5.10 Å². The lowest BCUT2D eigenvalue weighted by Crippen LogP contribution is -2.46. The van der Waals surface area contributed by atoms with Gasteiger partial charge in [-0.25, -0.2) is 0 Å². The van der Waals surface area contributed by atoms with Crippen LogP contribution in [0, 0.1) is 11.3 Å². The van der Waals surface area contributed by atoms with E-state index < -0.39 is 0 Å². The summed E-state index contributed by atoms with van der Waals surface area (Å²) in [4.78, 5) is 24.4. The number of fused-ring (bicyclic) bond motifs is 1. The number of nitrogens with zero attached hydrogens (tertiary/aromatic N) is 1. The van der Waals surface area contributed by atoms with Gasteiger partial charge in [-0.15, -0.1) is 0 Å². The highest BCUT2D eigenvalue weighted by Crippen LogP contribution is 2.52. The van der Waals surface area contributed by atoms with E-state index in [1.807, 2.05) is 18.2 Å². The summed E-state index contributed by atoms with van der Waals surface area (Å²) in [5.74, 6) is -0.307. The molecular weight excluding hydrogens is 332 g/mol. The van der Waals surface area contributed by atoms with Crippen LogP contribution in [-0.4, -0.2) is 39.8 Å². The molecule has 2 aliphatic rings. The first-order valence-electron chi connectivity index (χ1n) is 9.22. The number of H-pyrrole nitrogens is 1. The van der Waals surface area contributed by atoms with Crippen molar-refractivity contribution in [3.8, 4) is 0 Å². The molecule has 26 heavy (non-hydrogen) atoms. The molecule has 0 unspecified atom stereocenters. The minimum absolute atomic E-state index is 0.0208. The van der Waals surface area contributed by atoms with E-state index in [2.05, 4.69) is 20.8 Å². The Morgan fingerprint density at radius 3 is 2.77 bits per heavy atom. The SMILES string of the molecule is O=C(CNC(=O)C1CCC2(CC1)CC(O)C2)Nc1ccc2cn[nH]c2c1. The van der Waals surface area contributed by atoms with Gasteiger partial charge < -0.3 is 15.7 Å². The lowest BCUT2D eigenvalue weighted by Gasteiger charge is -2.49. The highest BCUT2D eigenvalue weighted by atomic mass is 16.3. The second kappa shape index (κ2) is 6.72. The molecule has 2 saturated carbocycles. The number of rotatable bonds is 4. The van der Waals surface area contributed by atoms with Crippen LogP contribution in [0.5, 0.6) is 0 Å². The van der Waals surface area contributed by atoms with Crippen LogP contribution in [0.2, 0.25) is 0 Å². The average Bonchev–Trinajstić information content (AvgIpc) is 3.07. The number of nitrogens with one attached hydrogen (secondary N) is 3. The number of carbonyl (C=O) groups excluding carboxylic acids is 2. The molecule has 2 aromatic rings. The molecule has 2 amide bonds. The Hall–Kier alpha value is -2.41. The number of amides is 2. The predicted octanol–water partition coefficient (Wildman–Crippen LogP) is 1.95. The zero-order valence-electron chi connectivity index (χ0n) is 14.6. The molecule has 0 aliphatic heterocycles. The summed E-state index contributed by atoms with van der Waals surface area (Å²) < 4.78 is 0. The Bertz CT molecular complexity index is 815. The number of anilines is 1. The highest BCUT2D eigenvalue weighted by Gasteiger charge is 2.46. The monoisotopic (exact) mass is 356 g/mol. The Morgan fingerprint density at radius 2 is 2.04 bits per heavy atom. The van der Waals surface area contributed by atoms with Gasteiger partial charge in [0.2, 0.25) is 11.8 Å². The van der Waals surface area contributed by atoms with Crippen molar-refractivity contribution in [3.05, 3.63) is 24.4 Å². The van der Waals surface area contributed by atoms with Gasteiger partial charge in [-0.3, -0.25) is 14.7 Å². The molecule has 7 nitrogen and oxygen atoms in total. The molecule has 7 heteroatoms. The fourth-order valence-electron chi connectivity index (χ4n) is 4.37. The molecule has 1 aromatic carbocycles. The molecule has 0 bridgehead atoms. The molecule has 4 rings (SSSR count). The van der Waals surface area contributed by atoms with E-state index in [9.17, 15) is 14.7 Å². The van der Waals surface area contributed by atoms with Gasteiger partial charge in [0.05, 0.1) is 24.4 Å². The standard InChI is InChI=1S/C19H24N4O3/c24-15-8-19(9-15)5-3-12(4-6-19)18(26)20-11-17(25)22-14-2-1-13-10-21-23-16(13)7-14/h1-2,7,10,12,15,24H,3-6,8-9,11H2,(H,20,26)(H,21,23)(H,22,25). The van der Waals surface area contributed by atoms with Gasteiger partial charge in [-0.05, 0) is 62.1 Å². The largest absolute Gasteiger partial charge is 0.393 e. The van der Waals surface area contributed by atoms with Crippen molar-refractivity contribution >= 4 is 28.4 Å². The first kappa shape index (κ1) is 17.0. The third kappa shape index (κ3) is 3.44. The van der Waals surface area contributed by atoms with Crippen molar-refractivity contribution < 1.29 is 14.7 Å². The molecular formula is C19H24N4O3. The summed E-state index contributed by atoms with van der Waals surface area (Å²) in [5, 5.41) is 22.9. The van der Waals surface area contributed by atoms with Crippen molar-refractivity contribution in [3.63, 3.8) is 0 Å². The van der Waals surface area contributed by atoms with Crippen LogP contribution in [0.1, 0.15) is 38.5 Å². The van der Waals surface area contributed by atoms with E-state index in [4.69, 9.17) is 0 Å². The van der Waals surface area contributed by atoms with Crippen LogP contribution in [0.3, 0.4) is 0 Å². The molecule has 4 N–H and O–H groups in total. The van der Waals surface area contributed by atoms with Crippen LogP contribution >= 0.6 is 0 Å². The minimum Gasteiger partial charge on any atom is -0.393 e. The zero-order valence-corrected chi connectivity index (χ0v) is 14.6. The number of hydrogen-bond donors (Lipinski definition) is 4.